The molecule has 1 spiro atoms. The normalized spacial score (nSPS) is 24.8. The predicted octanol–water partition coefficient (Wildman–Crippen LogP) is 2.79. The second-order valence-electron chi connectivity index (χ2n) is 8.25. The number of likely N-dealkylation sites (tertiary alicyclic amines) is 1. The minimum atomic E-state index is -3.17. The van der Waals surface area contributed by atoms with Crippen LogP contribution in [0.25, 0.3) is 0 Å². The van der Waals surface area contributed by atoms with Crippen LogP contribution >= 0.6 is 0 Å². The second kappa shape index (κ2) is 6.78. The van der Waals surface area contributed by atoms with Crippen molar-refractivity contribution in [2.45, 2.75) is 75.3 Å². The third-order valence-corrected chi connectivity index (χ3v) is 6.18. The zero-order valence-corrected chi connectivity index (χ0v) is 15.7. The Labute approximate surface area is 160 Å². The van der Waals surface area contributed by atoms with Crippen molar-refractivity contribution in [2.75, 3.05) is 13.1 Å². The Morgan fingerprint density at radius 2 is 1.79 bits per heavy atom. The highest BCUT2D eigenvalue weighted by Crippen LogP contribution is 2.65. The third-order valence-electron chi connectivity index (χ3n) is 6.18. The Morgan fingerprint density at radius 1 is 1.21 bits per heavy atom. The number of nitriles is 1. The molecule has 2 N–H and O–H groups in total. The van der Waals surface area contributed by atoms with E-state index in [1.165, 1.54) is 11.8 Å². The molecule has 3 fully saturated rings. The van der Waals surface area contributed by atoms with Crippen molar-refractivity contribution in [1.29, 1.82) is 5.26 Å². The van der Waals surface area contributed by atoms with E-state index < -0.39 is 53.6 Å². The molecule has 6 nitrogen and oxygen atoms in total. The minimum absolute atomic E-state index is 0.0854. The maximum atomic E-state index is 13.9. The number of nitrogens with one attached hydrogen (secondary N) is 2. The van der Waals surface area contributed by atoms with Gasteiger partial charge >= 0.3 is 6.03 Å². The van der Waals surface area contributed by atoms with Gasteiger partial charge in [0.1, 0.15) is 11.6 Å². The number of halogens is 4. The van der Waals surface area contributed by atoms with Gasteiger partial charge in [-0.15, -0.1) is 0 Å². The summed E-state index contributed by atoms with van der Waals surface area (Å²) in [5.74, 6) is -6.69. The van der Waals surface area contributed by atoms with Crippen LogP contribution in [0, 0.1) is 16.7 Å². The summed E-state index contributed by atoms with van der Waals surface area (Å²) in [6, 6.07) is -0.295. The summed E-state index contributed by atoms with van der Waals surface area (Å²) in [6.07, 6.45) is -0.417. The monoisotopic (exact) mass is 404 g/mol. The molecule has 3 amide bonds. The first-order valence-electron chi connectivity index (χ1n) is 9.51. The number of carbonyl (C=O) groups is 2. The highest BCUT2D eigenvalue weighted by molar-refractivity contribution is 5.88. The lowest BCUT2D eigenvalue weighted by atomic mass is 9.93. The highest BCUT2D eigenvalue weighted by atomic mass is 19.3. The van der Waals surface area contributed by atoms with Crippen LogP contribution in [0.1, 0.15) is 51.9 Å². The lowest BCUT2D eigenvalue weighted by Gasteiger charge is -2.34. The zero-order valence-electron chi connectivity index (χ0n) is 15.7. The number of nitrogens with zero attached hydrogens (tertiary/aromatic N) is 2. The first-order chi connectivity index (χ1) is 13.0. The molecule has 0 aromatic carbocycles. The van der Waals surface area contributed by atoms with Crippen molar-refractivity contribution in [3.05, 3.63) is 0 Å². The van der Waals surface area contributed by atoms with Gasteiger partial charge in [-0.25, -0.2) is 22.4 Å². The Morgan fingerprint density at radius 3 is 2.21 bits per heavy atom. The predicted molar refractivity (Wildman–Crippen MR) is 90.7 cm³/mol. The van der Waals surface area contributed by atoms with Crippen LogP contribution in [0.4, 0.5) is 22.4 Å². The molecule has 1 atom stereocenters. The summed E-state index contributed by atoms with van der Waals surface area (Å²) in [4.78, 5) is 26.2. The van der Waals surface area contributed by atoms with Gasteiger partial charge in [-0.1, -0.05) is 6.92 Å². The van der Waals surface area contributed by atoms with Crippen LogP contribution in [0.15, 0.2) is 0 Å². The van der Waals surface area contributed by atoms with Crippen LogP contribution in [-0.2, 0) is 4.79 Å². The number of urea groups is 1. The van der Waals surface area contributed by atoms with Crippen molar-refractivity contribution in [2.24, 2.45) is 5.41 Å². The van der Waals surface area contributed by atoms with E-state index in [0.29, 0.717) is 12.8 Å². The molecular formula is C18H24F4N4O2. The van der Waals surface area contributed by atoms with Gasteiger partial charge in [0, 0.05) is 37.8 Å². The average Bonchev–Trinajstić information content (AvgIpc) is 3.51. The fourth-order valence-corrected chi connectivity index (χ4v) is 3.67. The quantitative estimate of drug-likeness (QED) is 0.668. The zero-order chi connectivity index (χ0) is 20.8. The fraction of sp³-hybridized carbons (Fsp3) is 0.833. The number of hydrogen-bond acceptors (Lipinski definition) is 3. The summed E-state index contributed by atoms with van der Waals surface area (Å²) < 4.78 is 54.7. The van der Waals surface area contributed by atoms with Crippen molar-refractivity contribution >= 4 is 11.9 Å². The van der Waals surface area contributed by atoms with Crippen LogP contribution in [0.5, 0.6) is 0 Å². The minimum Gasteiger partial charge on any atom is -0.336 e. The second-order valence-corrected chi connectivity index (χ2v) is 8.25. The number of carbonyl (C=O) groups excluding carboxylic acids is 2. The van der Waals surface area contributed by atoms with Gasteiger partial charge in [0.15, 0.2) is 0 Å². The van der Waals surface area contributed by atoms with Crippen molar-refractivity contribution in [3.8, 4) is 6.07 Å². The molecule has 156 valence electrons. The van der Waals surface area contributed by atoms with Gasteiger partial charge in [0.2, 0.25) is 11.8 Å². The van der Waals surface area contributed by atoms with E-state index in [9.17, 15) is 27.2 Å². The molecule has 10 heteroatoms. The summed E-state index contributed by atoms with van der Waals surface area (Å²) in [7, 11) is 0. The smallest absolute Gasteiger partial charge is 0.318 e. The maximum absolute atomic E-state index is 13.9. The molecule has 1 heterocycles. The summed E-state index contributed by atoms with van der Waals surface area (Å²) in [6.45, 7) is 1.44. The van der Waals surface area contributed by atoms with Gasteiger partial charge in [-0.05, 0) is 25.7 Å². The Bertz CT molecular complexity index is 694. The van der Waals surface area contributed by atoms with Gasteiger partial charge in [0.25, 0.3) is 5.92 Å². The van der Waals surface area contributed by atoms with Crippen LogP contribution in [0.2, 0.25) is 0 Å². The molecule has 0 unspecified atom stereocenters. The molecule has 0 aromatic heterocycles. The van der Waals surface area contributed by atoms with Crippen molar-refractivity contribution in [1.82, 2.24) is 15.5 Å². The molecule has 1 saturated heterocycles. The van der Waals surface area contributed by atoms with E-state index in [4.69, 9.17) is 5.26 Å². The molecule has 1 aliphatic heterocycles. The van der Waals surface area contributed by atoms with E-state index in [-0.39, 0.29) is 32.4 Å². The topological polar surface area (TPSA) is 85.2 Å². The highest BCUT2D eigenvalue weighted by Gasteiger charge is 2.70. The van der Waals surface area contributed by atoms with Crippen molar-refractivity contribution < 1.29 is 27.2 Å². The van der Waals surface area contributed by atoms with Gasteiger partial charge in [-0.3, -0.25) is 4.79 Å². The molecule has 3 rings (SSSR count). The van der Waals surface area contributed by atoms with Gasteiger partial charge in [-0.2, -0.15) is 5.26 Å². The third kappa shape index (κ3) is 4.03. The number of alkyl halides is 4. The van der Waals surface area contributed by atoms with Crippen LogP contribution in [-0.4, -0.2) is 53.4 Å². The summed E-state index contributed by atoms with van der Waals surface area (Å²) in [5, 5.41) is 13.8. The lowest BCUT2D eigenvalue weighted by Crippen LogP contribution is -2.56. The molecule has 0 radical (unpaired) electrons. The number of rotatable bonds is 6. The average molecular weight is 404 g/mol. The van der Waals surface area contributed by atoms with E-state index in [2.05, 4.69) is 10.6 Å². The van der Waals surface area contributed by atoms with E-state index in [1.807, 2.05) is 6.07 Å². The fourth-order valence-electron chi connectivity index (χ4n) is 3.67. The Hall–Kier alpha value is -2.05. The molecule has 0 bridgehead atoms. The van der Waals surface area contributed by atoms with Crippen molar-refractivity contribution in [3.63, 3.8) is 0 Å². The number of amides is 3. The van der Waals surface area contributed by atoms with E-state index >= 15 is 0 Å². The van der Waals surface area contributed by atoms with Crippen LogP contribution < -0.4 is 10.6 Å². The Kier molecular flexibility index (Phi) is 5.01. The lowest BCUT2D eigenvalue weighted by molar-refractivity contribution is -0.126. The molecule has 2 saturated carbocycles. The maximum Gasteiger partial charge on any atom is 0.318 e. The SMILES string of the molecule is CCC(F)(F)C[C@H](NC(=O)N1CCC2(CC1)CC2(F)F)C(=O)NC1(C#N)CC1. The van der Waals surface area contributed by atoms with Crippen LogP contribution in [0.3, 0.4) is 0 Å². The largest absolute Gasteiger partial charge is 0.336 e. The van der Waals surface area contributed by atoms with E-state index in [0.717, 1.165) is 0 Å². The molecule has 0 aromatic rings. The molecular weight excluding hydrogens is 380 g/mol. The first-order valence-corrected chi connectivity index (χ1v) is 9.51. The summed E-state index contributed by atoms with van der Waals surface area (Å²) in [5.41, 5.74) is -2.09. The Balaban J connectivity index is 1.61. The summed E-state index contributed by atoms with van der Waals surface area (Å²) >= 11 is 0. The molecule has 28 heavy (non-hydrogen) atoms. The standard InChI is InChI=1S/C18H24F4N4O2/c1-2-17(19,20)9-12(13(27)25-16(11-23)3-4-16)24-14(28)26-7-5-15(6-8-26)10-18(15,21)22/h12H,2-10H2,1H3,(H,24,28)(H,25,27)/t12-/m0/s1. The van der Waals surface area contributed by atoms with Gasteiger partial charge < -0.3 is 15.5 Å². The van der Waals surface area contributed by atoms with Gasteiger partial charge in [0.05, 0.1) is 6.07 Å². The number of hydrogen-bond donors (Lipinski definition) is 2. The number of piperidine rings is 1. The first kappa shape index (κ1) is 20.7. The molecule has 2 aliphatic carbocycles. The molecule has 3 aliphatic rings. The van der Waals surface area contributed by atoms with E-state index in [1.54, 1.807) is 0 Å².